The highest BCUT2D eigenvalue weighted by molar-refractivity contribution is 7.99. The van der Waals surface area contributed by atoms with Gasteiger partial charge in [0, 0.05) is 5.75 Å². The smallest absolute Gasteiger partial charge is 0.208 e. The van der Waals surface area contributed by atoms with Crippen molar-refractivity contribution in [1.29, 1.82) is 5.26 Å². The third kappa shape index (κ3) is 4.32. The number of nitrogens with one attached hydrogen (secondary N) is 2. The number of nitriles is 1. The molecule has 0 aliphatic heterocycles. The number of nitrogens with zero attached hydrogens (tertiary/aromatic N) is 3. The van der Waals surface area contributed by atoms with Crippen LogP contribution in [0.3, 0.4) is 0 Å². The molecule has 5 nitrogen and oxygen atoms in total. The third-order valence-corrected chi connectivity index (χ3v) is 2.69. The molecule has 6 heteroatoms. The van der Waals surface area contributed by atoms with Gasteiger partial charge in [-0.2, -0.15) is 5.26 Å². The molecular formula is C9H15N5S. The zero-order chi connectivity index (χ0) is 11.1. The van der Waals surface area contributed by atoms with E-state index in [1.165, 1.54) is 11.8 Å². The third-order valence-electron chi connectivity index (χ3n) is 1.75. The summed E-state index contributed by atoms with van der Waals surface area (Å²) in [4.78, 5) is 4.16. The lowest BCUT2D eigenvalue weighted by molar-refractivity contribution is 0.637. The fourth-order valence-electron chi connectivity index (χ4n) is 1.01. The number of H-pyrrole nitrogens is 1. The van der Waals surface area contributed by atoms with Crippen molar-refractivity contribution in [3.63, 3.8) is 0 Å². The highest BCUT2D eigenvalue weighted by atomic mass is 32.2. The van der Waals surface area contributed by atoms with E-state index < -0.39 is 0 Å². The molecule has 1 aromatic rings. The van der Waals surface area contributed by atoms with Crippen molar-refractivity contribution in [2.24, 2.45) is 0 Å². The van der Waals surface area contributed by atoms with Gasteiger partial charge >= 0.3 is 0 Å². The van der Waals surface area contributed by atoms with Gasteiger partial charge in [0.25, 0.3) is 0 Å². The van der Waals surface area contributed by atoms with Crippen LogP contribution in [-0.4, -0.2) is 33.5 Å². The lowest BCUT2D eigenvalue weighted by Gasteiger charge is -2.08. The van der Waals surface area contributed by atoms with Gasteiger partial charge in [-0.25, -0.2) is 4.98 Å². The molecule has 0 fully saturated rings. The Morgan fingerprint density at radius 1 is 1.67 bits per heavy atom. The van der Waals surface area contributed by atoms with E-state index in [0.717, 1.165) is 18.8 Å². The number of hydrogen-bond donors (Lipinski definition) is 2. The fraction of sp³-hybridized carbons (Fsp3) is 0.667. The van der Waals surface area contributed by atoms with Crippen LogP contribution in [0.2, 0.25) is 0 Å². The van der Waals surface area contributed by atoms with E-state index in [1.54, 1.807) is 0 Å². The van der Waals surface area contributed by atoms with E-state index in [4.69, 9.17) is 5.26 Å². The first-order valence-electron chi connectivity index (χ1n) is 4.91. The number of rotatable bonds is 6. The Kier molecular flexibility index (Phi) is 5.15. The quantitative estimate of drug-likeness (QED) is 0.709. The summed E-state index contributed by atoms with van der Waals surface area (Å²) in [5, 5.41) is 19.5. The normalized spacial score (nSPS) is 12.3. The first-order valence-corrected chi connectivity index (χ1v) is 5.89. The first-order chi connectivity index (χ1) is 7.26. The molecular weight excluding hydrogens is 210 g/mol. The van der Waals surface area contributed by atoms with Crippen molar-refractivity contribution < 1.29 is 0 Å². The van der Waals surface area contributed by atoms with Crippen LogP contribution in [0.5, 0.6) is 0 Å². The Hall–Kier alpha value is -1.06. The first kappa shape index (κ1) is 12.0. The van der Waals surface area contributed by atoms with Crippen molar-refractivity contribution in [2.75, 3.05) is 12.3 Å². The van der Waals surface area contributed by atoms with Crippen molar-refractivity contribution in [1.82, 2.24) is 20.5 Å². The van der Waals surface area contributed by atoms with Crippen LogP contribution >= 0.6 is 11.8 Å². The Morgan fingerprint density at radius 3 is 3.00 bits per heavy atom. The molecule has 0 bridgehead atoms. The Balaban J connectivity index is 2.31. The summed E-state index contributed by atoms with van der Waals surface area (Å²) >= 11 is 1.49. The van der Waals surface area contributed by atoms with Crippen molar-refractivity contribution in [2.45, 2.75) is 31.5 Å². The molecule has 0 radical (unpaired) electrons. The van der Waals surface area contributed by atoms with Gasteiger partial charge in [-0.15, -0.1) is 5.10 Å². The minimum Gasteiger partial charge on any atom is -0.301 e. The Bertz CT molecular complexity index is 329. The SMILES string of the molecule is CCCNC(C#N)CSc1n[nH]c(C)n1. The number of hydrogen-bond acceptors (Lipinski definition) is 5. The fourth-order valence-corrected chi connectivity index (χ4v) is 1.82. The average Bonchev–Trinajstić information content (AvgIpc) is 2.65. The lowest BCUT2D eigenvalue weighted by Crippen LogP contribution is -2.30. The molecule has 0 aliphatic rings. The molecule has 0 saturated heterocycles. The summed E-state index contributed by atoms with van der Waals surface area (Å²) in [7, 11) is 0. The summed E-state index contributed by atoms with van der Waals surface area (Å²) < 4.78 is 0. The molecule has 1 rings (SSSR count). The number of aromatic amines is 1. The number of aryl methyl sites for hydroxylation is 1. The molecule has 15 heavy (non-hydrogen) atoms. The zero-order valence-electron chi connectivity index (χ0n) is 8.95. The van der Waals surface area contributed by atoms with Gasteiger partial charge in [-0.05, 0) is 19.9 Å². The Morgan fingerprint density at radius 2 is 2.47 bits per heavy atom. The lowest BCUT2D eigenvalue weighted by atomic mass is 10.3. The molecule has 1 unspecified atom stereocenters. The highest BCUT2D eigenvalue weighted by Gasteiger charge is 2.08. The van der Waals surface area contributed by atoms with Crippen molar-refractivity contribution >= 4 is 11.8 Å². The summed E-state index contributed by atoms with van der Waals surface area (Å²) in [6.07, 6.45) is 1.03. The Labute approximate surface area is 93.7 Å². The highest BCUT2D eigenvalue weighted by Crippen LogP contribution is 2.12. The van der Waals surface area contributed by atoms with Crippen LogP contribution in [0.25, 0.3) is 0 Å². The minimum absolute atomic E-state index is 0.131. The minimum atomic E-state index is -0.131. The van der Waals surface area contributed by atoms with Gasteiger partial charge in [-0.3, -0.25) is 5.10 Å². The van der Waals surface area contributed by atoms with Crippen LogP contribution < -0.4 is 5.32 Å². The number of thioether (sulfide) groups is 1. The molecule has 1 atom stereocenters. The maximum absolute atomic E-state index is 8.86. The molecule has 1 heterocycles. The van der Waals surface area contributed by atoms with E-state index in [0.29, 0.717) is 10.9 Å². The van der Waals surface area contributed by atoms with E-state index in [1.807, 2.05) is 6.92 Å². The second-order valence-corrected chi connectivity index (χ2v) is 4.14. The summed E-state index contributed by atoms with van der Waals surface area (Å²) in [5.74, 6) is 1.47. The molecule has 0 aliphatic carbocycles. The van der Waals surface area contributed by atoms with E-state index >= 15 is 0 Å². The van der Waals surface area contributed by atoms with Crippen LogP contribution in [-0.2, 0) is 0 Å². The molecule has 0 amide bonds. The van der Waals surface area contributed by atoms with Gasteiger partial charge in [-0.1, -0.05) is 18.7 Å². The summed E-state index contributed by atoms with van der Waals surface area (Å²) in [5.41, 5.74) is 0. The zero-order valence-corrected chi connectivity index (χ0v) is 9.77. The molecule has 0 spiro atoms. The summed E-state index contributed by atoms with van der Waals surface area (Å²) in [6, 6.07) is 2.09. The van der Waals surface area contributed by atoms with Crippen molar-refractivity contribution in [3.05, 3.63) is 5.82 Å². The van der Waals surface area contributed by atoms with Gasteiger partial charge in [0.2, 0.25) is 5.16 Å². The number of aromatic nitrogens is 3. The van der Waals surface area contributed by atoms with Gasteiger partial charge in [0.15, 0.2) is 0 Å². The largest absolute Gasteiger partial charge is 0.301 e. The van der Waals surface area contributed by atoms with Crippen LogP contribution in [0.15, 0.2) is 5.16 Å². The average molecular weight is 225 g/mol. The van der Waals surface area contributed by atoms with Crippen LogP contribution in [0.1, 0.15) is 19.2 Å². The second-order valence-electron chi connectivity index (χ2n) is 3.15. The van der Waals surface area contributed by atoms with E-state index in [2.05, 4.69) is 33.5 Å². The maximum atomic E-state index is 8.86. The molecule has 0 saturated carbocycles. The topological polar surface area (TPSA) is 77.4 Å². The van der Waals surface area contributed by atoms with Gasteiger partial charge < -0.3 is 5.32 Å². The molecule has 2 N–H and O–H groups in total. The molecule has 1 aromatic heterocycles. The van der Waals surface area contributed by atoms with Crippen molar-refractivity contribution in [3.8, 4) is 6.07 Å². The van der Waals surface area contributed by atoms with Gasteiger partial charge in [0.1, 0.15) is 11.9 Å². The second kappa shape index (κ2) is 6.43. The van der Waals surface area contributed by atoms with E-state index in [9.17, 15) is 0 Å². The van der Waals surface area contributed by atoms with Crippen LogP contribution in [0, 0.1) is 18.3 Å². The predicted molar refractivity (Wildman–Crippen MR) is 59.5 cm³/mol. The predicted octanol–water partition coefficient (Wildman–Crippen LogP) is 1.10. The maximum Gasteiger partial charge on any atom is 0.208 e. The molecule has 0 aromatic carbocycles. The monoisotopic (exact) mass is 225 g/mol. The standard InChI is InChI=1S/C9H15N5S/c1-3-4-11-8(5-10)6-15-9-12-7(2)13-14-9/h8,11H,3-4,6H2,1-2H3,(H,12,13,14). The van der Waals surface area contributed by atoms with E-state index in [-0.39, 0.29) is 6.04 Å². The molecule has 82 valence electrons. The van der Waals surface area contributed by atoms with Crippen LogP contribution in [0.4, 0.5) is 0 Å². The summed E-state index contributed by atoms with van der Waals surface area (Å²) in [6.45, 7) is 4.80. The van der Waals surface area contributed by atoms with Gasteiger partial charge in [0.05, 0.1) is 6.07 Å².